The number of methoxy groups -OCH3 is 1. The van der Waals surface area contributed by atoms with Gasteiger partial charge in [0, 0.05) is 25.9 Å². The van der Waals surface area contributed by atoms with Gasteiger partial charge in [-0.05, 0) is 30.5 Å². The molecule has 0 fully saturated rings. The SMILES string of the molecule is COCCCCNS(=O)(=O)Cc1cccc(N)c1. The van der Waals surface area contributed by atoms with Gasteiger partial charge in [0.2, 0.25) is 10.0 Å². The molecule has 102 valence electrons. The Morgan fingerprint density at radius 1 is 1.33 bits per heavy atom. The lowest BCUT2D eigenvalue weighted by Crippen LogP contribution is -2.26. The van der Waals surface area contributed by atoms with Gasteiger partial charge in [0.05, 0.1) is 5.75 Å². The van der Waals surface area contributed by atoms with Gasteiger partial charge in [0.25, 0.3) is 0 Å². The van der Waals surface area contributed by atoms with Gasteiger partial charge in [-0.2, -0.15) is 0 Å². The maximum atomic E-state index is 11.8. The van der Waals surface area contributed by atoms with Crippen molar-refractivity contribution < 1.29 is 13.2 Å². The van der Waals surface area contributed by atoms with Crippen molar-refractivity contribution in [3.05, 3.63) is 29.8 Å². The third kappa shape index (κ3) is 6.00. The Morgan fingerprint density at radius 2 is 2.11 bits per heavy atom. The Kier molecular flexibility index (Phi) is 6.11. The molecule has 1 rings (SSSR count). The summed E-state index contributed by atoms with van der Waals surface area (Å²) < 4.78 is 31.0. The molecule has 18 heavy (non-hydrogen) atoms. The molecule has 0 spiro atoms. The third-order valence-corrected chi connectivity index (χ3v) is 3.76. The van der Waals surface area contributed by atoms with E-state index in [1.807, 2.05) is 0 Å². The van der Waals surface area contributed by atoms with E-state index in [0.717, 1.165) is 12.8 Å². The molecule has 0 heterocycles. The monoisotopic (exact) mass is 272 g/mol. The van der Waals surface area contributed by atoms with Gasteiger partial charge in [-0.25, -0.2) is 13.1 Å². The molecule has 0 atom stereocenters. The van der Waals surface area contributed by atoms with Gasteiger partial charge >= 0.3 is 0 Å². The molecule has 0 amide bonds. The van der Waals surface area contributed by atoms with Crippen LogP contribution < -0.4 is 10.5 Å². The quantitative estimate of drug-likeness (QED) is 0.549. The predicted octanol–water partition coefficient (Wildman–Crippen LogP) is 1.11. The van der Waals surface area contributed by atoms with Crippen LogP contribution in [0, 0.1) is 0 Å². The number of sulfonamides is 1. The van der Waals surface area contributed by atoms with Gasteiger partial charge < -0.3 is 10.5 Å². The van der Waals surface area contributed by atoms with E-state index < -0.39 is 10.0 Å². The van der Waals surface area contributed by atoms with E-state index in [2.05, 4.69) is 4.72 Å². The van der Waals surface area contributed by atoms with Crippen LogP contribution in [-0.4, -0.2) is 28.7 Å². The second-order valence-corrected chi connectivity index (χ2v) is 5.91. The zero-order valence-corrected chi connectivity index (χ0v) is 11.4. The maximum absolute atomic E-state index is 11.8. The van der Waals surface area contributed by atoms with Crippen molar-refractivity contribution in [3.63, 3.8) is 0 Å². The lowest BCUT2D eigenvalue weighted by molar-refractivity contribution is 0.193. The molecule has 1 aromatic rings. The Bertz CT molecular complexity index is 460. The standard InChI is InChI=1S/C12H20N2O3S/c1-17-8-3-2-7-14-18(15,16)10-11-5-4-6-12(13)9-11/h4-6,9,14H,2-3,7-8,10,13H2,1H3. The Hall–Kier alpha value is -1.11. The van der Waals surface area contributed by atoms with Crippen molar-refractivity contribution in [1.82, 2.24) is 4.72 Å². The summed E-state index contributed by atoms with van der Waals surface area (Å²) in [5.41, 5.74) is 6.87. The zero-order valence-electron chi connectivity index (χ0n) is 10.6. The third-order valence-electron chi connectivity index (χ3n) is 2.40. The molecule has 0 saturated carbocycles. The first-order valence-corrected chi connectivity index (χ1v) is 7.49. The number of anilines is 1. The van der Waals surface area contributed by atoms with E-state index in [1.54, 1.807) is 31.4 Å². The summed E-state index contributed by atoms with van der Waals surface area (Å²) in [7, 11) is -1.66. The zero-order chi connectivity index (χ0) is 13.4. The first kappa shape index (κ1) is 14.9. The van der Waals surface area contributed by atoms with Crippen LogP contribution in [0.25, 0.3) is 0 Å². The second kappa shape index (κ2) is 7.35. The molecule has 1 aromatic carbocycles. The van der Waals surface area contributed by atoms with Crippen LogP contribution in [0.4, 0.5) is 5.69 Å². The summed E-state index contributed by atoms with van der Waals surface area (Å²) in [6, 6.07) is 6.90. The van der Waals surface area contributed by atoms with Gasteiger partial charge in [-0.3, -0.25) is 0 Å². The normalized spacial score (nSPS) is 11.6. The van der Waals surface area contributed by atoms with Crippen molar-refractivity contribution in [2.75, 3.05) is 26.0 Å². The topological polar surface area (TPSA) is 81.4 Å². The van der Waals surface area contributed by atoms with Gasteiger partial charge in [-0.1, -0.05) is 12.1 Å². The number of hydrogen-bond acceptors (Lipinski definition) is 4. The molecule has 0 bridgehead atoms. The number of ether oxygens (including phenoxy) is 1. The molecule has 0 aliphatic rings. The lowest BCUT2D eigenvalue weighted by atomic mass is 10.2. The van der Waals surface area contributed by atoms with E-state index in [1.165, 1.54) is 0 Å². The van der Waals surface area contributed by atoms with Crippen molar-refractivity contribution in [3.8, 4) is 0 Å². The van der Waals surface area contributed by atoms with Gasteiger partial charge in [0.1, 0.15) is 0 Å². The fraction of sp³-hybridized carbons (Fsp3) is 0.500. The Labute approximate surface area is 108 Å². The average Bonchev–Trinajstić information content (AvgIpc) is 2.28. The number of hydrogen-bond donors (Lipinski definition) is 2. The highest BCUT2D eigenvalue weighted by atomic mass is 32.2. The van der Waals surface area contributed by atoms with E-state index in [9.17, 15) is 8.42 Å². The average molecular weight is 272 g/mol. The molecule has 5 nitrogen and oxygen atoms in total. The Balaban J connectivity index is 2.40. The molecule has 0 aliphatic heterocycles. The summed E-state index contributed by atoms with van der Waals surface area (Å²) in [6.45, 7) is 1.09. The number of unbranched alkanes of at least 4 members (excludes halogenated alkanes) is 1. The minimum Gasteiger partial charge on any atom is -0.399 e. The largest absolute Gasteiger partial charge is 0.399 e. The summed E-state index contributed by atoms with van der Waals surface area (Å²) in [5.74, 6) is -0.0394. The van der Waals surface area contributed by atoms with Gasteiger partial charge in [0.15, 0.2) is 0 Å². The lowest BCUT2D eigenvalue weighted by Gasteiger charge is -2.07. The highest BCUT2D eigenvalue weighted by Gasteiger charge is 2.10. The minimum atomic E-state index is -3.28. The van der Waals surface area contributed by atoms with Crippen molar-refractivity contribution >= 4 is 15.7 Å². The summed E-state index contributed by atoms with van der Waals surface area (Å²) in [6.07, 6.45) is 1.61. The maximum Gasteiger partial charge on any atom is 0.215 e. The van der Waals surface area contributed by atoms with Crippen LogP contribution in [0.5, 0.6) is 0 Å². The van der Waals surface area contributed by atoms with Crippen LogP contribution in [0.15, 0.2) is 24.3 Å². The first-order chi connectivity index (χ1) is 8.53. The van der Waals surface area contributed by atoms with Crippen LogP contribution in [0.2, 0.25) is 0 Å². The van der Waals surface area contributed by atoms with E-state index >= 15 is 0 Å². The molecule has 3 N–H and O–H groups in total. The molecular formula is C12H20N2O3S. The predicted molar refractivity (Wildman–Crippen MR) is 72.6 cm³/mol. The van der Waals surface area contributed by atoms with Crippen LogP contribution in [-0.2, 0) is 20.5 Å². The second-order valence-electron chi connectivity index (χ2n) is 4.10. The van der Waals surface area contributed by atoms with E-state index in [0.29, 0.717) is 24.4 Å². The highest BCUT2D eigenvalue weighted by Crippen LogP contribution is 2.09. The fourth-order valence-corrected chi connectivity index (χ4v) is 2.73. The molecule has 0 aliphatic carbocycles. The highest BCUT2D eigenvalue weighted by molar-refractivity contribution is 7.88. The number of nitrogens with one attached hydrogen (secondary N) is 1. The van der Waals surface area contributed by atoms with Crippen molar-refractivity contribution in [1.29, 1.82) is 0 Å². The van der Waals surface area contributed by atoms with E-state index in [-0.39, 0.29) is 5.75 Å². The molecule has 6 heteroatoms. The van der Waals surface area contributed by atoms with Crippen molar-refractivity contribution in [2.45, 2.75) is 18.6 Å². The molecule has 0 radical (unpaired) electrons. The molecule has 0 unspecified atom stereocenters. The number of nitrogen functional groups attached to an aromatic ring is 1. The molecule has 0 aromatic heterocycles. The summed E-state index contributed by atoms with van der Waals surface area (Å²) in [5, 5.41) is 0. The molecule has 0 saturated heterocycles. The van der Waals surface area contributed by atoms with Crippen LogP contribution in [0.3, 0.4) is 0 Å². The van der Waals surface area contributed by atoms with Gasteiger partial charge in [-0.15, -0.1) is 0 Å². The summed E-state index contributed by atoms with van der Waals surface area (Å²) in [4.78, 5) is 0. The van der Waals surface area contributed by atoms with Crippen molar-refractivity contribution in [2.24, 2.45) is 0 Å². The number of rotatable bonds is 8. The van der Waals surface area contributed by atoms with Crippen LogP contribution >= 0.6 is 0 Å². The van der Waals surface area contributed by atoms with Crippen LogP contribution in [0.1, 0.15) is 18.4 Å². The summed E-state index contributed by atoms with van der Waals surface area (Å²) >= 11 is 0. The fourth-order valence-electron chi connectivity index (χ4n) is 1.55. The molecular weight excluding hydrogens is 252 g/mol. The first-order valence-electron chi connectivity index (χ1n) is 5.84. The number of nitrogens with two attached hydrogens (primary N) is 1. The Morgan fingerprint density at radius 3 is 2.78 bits per heavy atom. The van der Waals surface area contributed by atoms with E-state index in [4.69, 9.17) is 10.5 Å². The minimum absolute atomic E-state index is 0.0394. The smallest absolute Gasteiger partial charge is 0.215 e. The number of benzene rings is 1.